The second-order valence-electron chi connectivity index (χ2n) is 9.46. The second kappa shape index (κ2) is 7.27. The number of rotatable bonds is 7. The Kier molecular flexibility index (Phi) is 5.18. The summed E-state index contributed by atoms with van der Waals surface area (Å²) in [7, 11) is -3.29. The van der Waals surface area contributed by atoms with Gasteiger partial charge in [0.15, 0.2) is 0 Å². The molecule has 2 atom stereocenters. The summed E-state index contributed by atoms with van der Waals surface area (Å²) in [5.41, 5.74) is 7.48. The van der Waals surface area contributed by atoms with Crippen LogP contribution in [0.2, 0.25) is 0 Å². The summed E-state index contributed by atoms with van der Waals surface area (Å²) >= 11 is 0. The molecular formula is C22H33N3O3S. The monoisotopic (exact) mass is 419 g/mol. The molecule has 1 amide bonds. The third kappa shape index (κ3) is 3.67. The molecule has 2 saturated carbocycles. The highest BCUT2D eigenvalue weighted by molar-refractivity contribution is 7.92. The first-order chi connectivity index (χ1) is 13.7. The van der Waals surface area contributed by atoms with Gasteiger partial charge in [-0.1, -0.05) is 38.3 Å². The number of amides is 1. The first-order valence-electron chi connectivity index (χ1n) is 10.8. The fraction of sp³-hybridized carbons (Fsp3) is 0.682. The number of likely N-dealkylation sites (tertiary alicyclic amines) is 1. The molecule has 160 valence electrons. The zero-order chi connectivity index (χ0) is 20.9. The van der Waals surface area contributed by atoms with Crippen molar-refractivity contribution in [3.63, 3.8) is 0 Å². The van der Waals surface area contributed by atoms with Gasteiger partial charge in [-0.15, -0.1) is 0 Å². The van der Waals surface area contributed by atoms with Crippen molar-refractivity contribution >= 4 is 21.6 Å². The largest absolute Gasteiger partial charge is 0.369 e. The number of fused-ring (bicyclic) bond motifs is 1. The molecule has 29 heavy (non-hydrogen) atoms. The quantitative estimate of drug-likeness (QED) is 0.711. The number of carbonyl (C=O) groups excluding carboxylic acids is 1. The van der Waals surface area contributed by atoms with Gasteiger partial charge in [0.1, 0.15) is 0 Å². The van der Waals surface area contributed by atoms with Gasteiger partial charge < -0.3 is 10.6 Å². The van der Waals surface area contributed by atoms with Gasteiger partial charge in [0, 0.05) is 30.7 Å². The lowest BCUT2D eigenvalue weighted by atomic mass is 9.73. The Morgan fingerprint density at radius 2 is 1.86 bits per heavy atom. The highest BCUT2D eigenvalue weighted by Gasteiger charge is 2.67. The van der Waals surface area contributed by atoms with E-state index in [-0.39, 0.29) is 16.7 Å². The maximum atomic E-state index is 12.3. The molecule has 4 rings (SSSR count). The van der Waals surface area contributed by atoms with E-state index in [0.29, 0.717) is 17.5 Å². The maximum absolute atomic E-state index is 12.3. The number of nitrogens with one attached hydrogen (secondary N) is 1. The molecule has 1 aliphatic heterocycles. The van der Waals surface area contributed by atoms with Crippen LogP contribution >= 0.6 is 0 Å². The van der Waals surface area contributed by atoms with Gasteiger partial charge in [-0.25, -0.2) is 8.42 Å². The van der Waals surface area contributed by atoms with Crippen molar-refractivity contribution in [3.05, 3.63) is 29.8 Å². The van der Waals surface area contributed by atoms with Crippen molar-refractivity contribution < 1.29 is 13.2 Å². The van der Waals surface area contributed by atoms with Crippen LogP contribution in [0.5, 0.6) is 0 Å². The Balaban J connectivity index is 1.48. The third-order valence-corrected chi connectivity index (χ3v) is 8.36. The van der Waals surface area contributed by atoms with Crippen LogP contribution in [0.3, 0.4) is 0 Å². The van der Waals surface area contributed by atoms with Crippen LogP contribution < -0.4 is 10.5 Å². The van der Waals surface area contributed by atoms with Gasteiger partial charge in [-0.3, -0.25) is 9.52 Å². The summed E-state index contributed by atoms with van der Waals surface area (Å²) in [5.74, 6) is 1.00. The van der Waals surface area contributed by atoms with Crippen LogP contribution in [0.25, 0.3) is 0 Å². The third-order valence-electron chi connectivity index (χ3n) is 7.76. The first-order valence-corrected chi connectivity index (χ1v) is 12.7. The number of anilines is 1. The molecule has 3 N–H and O–H groups in total. The van der Waals surface area contributed by atoms with E-state index in [2.05, 4.69) is 22.6 Å². The number of nitrogens with two attached hydrogens (primary N) is 1. The smallest absolute Gasteiger partial charge is 0.229 e. The topological polar surface area (TPSA) is 92.5 Å². The van der Waals surface area contributed by atoms with Crippen LogP contribution in [0, 0.1) is 17.3 Å². The van der Waals surface area contributed by atoms with E-state index in [1.54, 1.807) is 6.07 Å². The fourth-order valence-electron chi connectivity index (χ4n) is 6.33. The van der Waals surface area contributed by atoms with Gasteiger partial charge in [0.05, 0.1) is 11.7 Å². The summed E-state index contributed by atoms with van der Waals surface area (Å²) in [6, 6.07) is 7.87. The van der Waals surface area contributed by atoms with E-state index in [9.17, 15) is 13.2 Å². The summed E-state index contributed by atoms with van der Waals surface area (Å²) in [4.78, 5) is 14.7. The Bertz CT molecular complexity index is 880. The Morgan fingerprint density at radius 1 is 1.21 bits per heavy atom. The molecule has 2 unspecified atom stereocenters. The SMILES string of the molecule is CCC1(c2cccc(NS(C)(=O)=O)c2)C2CN(CC3(C(N)=O)CCCCC3)CC21. The number of sulfonamides is 1. The molecule has 3 aliphatic rings. The second-order valence-corrected chi connectivity index (χ2v) is 11.2. The summed E-state index contributed by atoms with van der Waals surface area (Å²) in [6.07, 6.45) is 7.47. The molecule has 0 radical (unpaired) electrons. The molecule has 1 aromatic carbocycles. The number of nitrogens with zero attached hydrogens (tertiary/aromatic N) is 1. The van der Waals surface area contributed by atoms with Crippen molar-refractivity contribution in [2.24, 2.45) is 23.0 Å². The zero-order valence-corrected chi connectivity index (χ0v) is 18.3. The number of hydrogen-bond donors (Lipinski definition) is 2. The summed E-state index contributed by atoms with van der Waals surface area (Å²) < 4.78 is 25.8. The highest BCUT2D eigenvalue weighted by Crippen LogP contribution is 2.65. The lowest BCUT2D eigenvalue weighted by Gasteiger charge is -2.39. The molecule has 0 bridgehead atoms. The van der Waals surface area contributed by atoms with Gasteiger partial charge in [0.2, 0.25) is 15.9 Å². The average molecular weight is 420 g/mol. The lowest BCUT2D eigenvalue weighted by Crippen LogP contribution is -2.48. The van der Waals surface area contributed by atoms with Gasteiger partial charge in [-0.2, -0.15) is 0 Å². The van der Waals surface area contributed by atoms with E-state index in [0.717, 1.165) is 51.7 Å². The van der Waals surface area contributed by atoms with E-state index in [1.807, 2.05) is 12.1 Å². The minimum Gasteiger partial charge on any atom is -0.369 e. The van der Waals surface area contributed by atoms with Crippen molar-refractivity contribution in [2.45, 2.75) is 50.9 Å². The minimum absolute atomic E-state index is 0.123. The van der Waals surface area contributed by atoms with Crippen molar-refractivity contribution in [2.75, 3.05) is 30.6 Å². The molecule has 6 nitrogen and oxygen atoms in total. The minimum atomic E-state index is -3.29. The molecule has 7 heteroatoms. The van der Waals surface area contributed by atoms with Crippen LogP contribution in [0.4, 0.5) is 5.69 Å². The van der Waals surface area contributed by atoms with E-state index >= 15 is 0 Å². The van der Waals surface area contributed by atoms with Crippen LogP contribution in [0.15, 0.2) is 24.3 Å². The number of carbonyl (C=O) groups is 1. The highest BCUT2D eigenvalue weighted by atomic mass is 32.2. The summed E-state index contributed by atoms with van der Waals surface area (Å²) in [6.45, 7) is 5.02. The van der Waals surface area contributed by atoms with Crippen LogP contribution in [-0.4, -0.2) is 45.1 Å². The summed E-state index contributed by atoms with van der Waals surface area (Å²) in [5, 5.41) is 0. The number of primary amides is 1. The molecular weight excluding hydrogens is 386 g/mol. The Labute approximate surface area is 174 Å². The van der Waals surface area contributed by atoms with Crippen molar-refractivity contribution in [3.8, 4) is 0 Å². The zero-order valence-electron chi connectivity index (χ0n) is 17.5. The lowest BCUT2D eigenvalue weighted by molar-refractivity contribution is -0.130. The van der Waals surface area contributed by atoms with Crippen LogP contribution in [0.1, 0.15) is 51.0 Å². The van der Waals surface area contributed by atoms with Crippen LogP contribution in [-0.2, 0) is 20.2 Å². The molecule has 0 spiro atoms. The van der Waals surface area contributed by atoms with E-state index in [4.69, 9.17) is 5.73 Å². The number of piperidine rings is 1. The average Bonchev–Trinajstić information content (AvgIpc) is 3.05. The number of benzene rings is 1. The molecule has 1 aromatic rings. The Morgan fingerprint density at radius 3 is 2.41 bits per heavy atom. The first kappa shape index (κ1) is 20.7. The van der Waals surface area contributed by atoms with E-state index in [1.165, 1.54) is 18.2 Å². The van der Waals surface area contributed by atoms with E-state index < -0.39 is 10.0 Å². The van der Waals surface area contributed by atoms with Gasteiger partial charge >= 0.3 is 0 Å². The molecule has 1 saturated heterocycles. The molecule has 2 aliphatic carbocycles. The standard InChI is InChI=1S/C22H33N3O3S/c1-3-22(16-8-7-9-17(12-16)24-29(2,27)28)18-13-25(14-19(18)22)15-21(20(23)26)10-5-4-6-11-21/h7-9,12,18-19,24H,3-6,10-11,13-15H2,1-2H3,(H2,23,26). The van der Waals surface area contributed by atoms with Crippen molar-refractivity contribution in [1.82, 2.24) is 4.90 Å². The number of hydrogen-bond acceptors (Lipinski definition) is 4. The normalized spacial score (nSPS) is 31.2. The van der Waals surface area contributed by atoms with Crippen molar-refractivity contribution in [1.29, 1.82) is 0 Å². The Hall–Kier alpha value is -1.60. The fourth-order valence-corrected chi connectivity index (χ4v) is 6.88. The van der Waals surface area contributed by atoms with Gasteiger partial charge in [-0.05, 0) is 48.8 Å². The predicted octanol–water partition coefficient (Wildman–Crippen LogP) is 2.70. The van der Waals surface area contributed by atoms with Gasteiger partial charge in [0.25, 0.3) is 0 Å². The molecule has 1 heterocycles. The molecule has 3 fully saturated rings. The molecule has 0 aromatic heterocycles. The maximum Gasteiger partial charge on any atom is 0.229 e. The predicted molar refractivity (Wildman–Crippen MR) is 115 cm³/mol.